The first kappa shape index (κ1) is 44.3. The molecule has 62 heavy (non-hydrogen) atoms. The fourth-order valence-electron chi connectivity index (χ4n) is 8.45. The van der Waals surface area contributed by atoms with Crippen molar-refractivity contribution < 1.29 is 0 Å². The van der Waals surface area contributed by atoms with Crippen LogP contribution in [0.4, 0.5) is 23.0 Å². The Morgan fingerprint density at radius 3 is 2.37 bits per heavy atom. The molecule has 1 atom stereocenters. The average molecular weight is 833 g/mol. The Hall–Kier alpha value is -5.74. The maximum Gasteiger partial charge on any atom is 0.135 e. The van der Waals surface area contributed by atoms with Gasteiger partial charge in [0.05, 0.1) is 29.0 Å². The normalized spacial score (nSPS) is 18.2. The summed E-state index contributed by atoms with van der Waals surface area (Å²) in [6.07, 6.45) is 13.3. The van der Waals surface area contributed by atoms with Gasteiger partial charge in [-0.2, -0.15) is 0 Å². The van der Waals surface area contributed by atoms with E-state index in [0.29, 0.717) is 23.7 Å². The van der Waals surface area contributed by atoms with Crippen LogP contribution in [0.25, 0.3) is 11.3 Å². The minimum atomic E-state index is 0.329. The lowest BCUT2D eigenvalue weighted by Gasteiger charge is -2.41. The lowest BCUT2D eigenvalue weighted by molar-refractivity contribution is 0.231. The Bertz CT molecular complexity index is 2290. The van der Waals surface area contributed by atoms with Gasteiger partial charge in [-0.25, -0.2) is 15.0 Å². The van der Waals surface area contributed by atoms with Gasteiger partial charge < -0.3 is 25.8 Å². The first-order valence-corrected chi connectivity index (χ1v) is 22.9. The molecule has 0 spiro atoms. The third-order valence-corrected chi connectivity index (χ3v) is 12.2. The smallest absolute Gasteiger partial charge is 0.135 e. The van der Waals surface area contributed by atoms with Gasteiger partial charge in [0, 0.05) is 80.4 Å². The fourth-order valence-corrected chi connectivity index (χ4v) is 8.45. The molecule has 2 aliphatic heterocycles. The van der Waals surface area contributed by atoms with E-state index in [1.165, 1.54) is 45.1 Å². The quantitative estimate of drug-likeness (QED) is 0.0954. The number of aromatic nitrogens is 3. The zero-order chi connectivity index (χ0) is 43.8. The summed E-state index contributed by atoms with van der Waals surface area (Å²) in [6, 6.07) is 22.3. The number of hydrogen-bond donors (Lipinski definition) is 3. The minimum Gasteiger partial charge on any atom is -0.380 e. The molecule has 0 bridgehead atoms. The molecular formula is C52H68N10. The molecule has 7 rings (SSSR count). The van der Waals surface area contributed by atoms with Gasteiger partial charge >= 0.3 is 0 Å². The van der Waals surface area contributed by atoms with E-state index in [0.717, 1.165) is 106 Å². The van der Waals surface area contributed by atoms with Crippen LogP contribution in [0, 0.1) is 18.8 Å². The van der Waals surface area contributed by atoms with E-state index in [-0.39, 0.29) is 0 Å². The number of benzene rings is 2. The summed E-state index contributed by atoms with van der Waals surface area (Å²) in [5.74, 6) is 3.30. The largest absolute Gasteiger partial charge is 0.380 e. The first-order chi connectivity index (χ1) is 30.0. The van der Waals surface area contributed by atoms with Crippen LogP contribution in [0.15, 0.2) is 125 Å². The molecule has 2 saturated heterocycles. The Kier molecular flexibility index (Phi) is 14.6. The molecular weight excluding hydrogens is 765 g/mol. The molecule has 1 saturated carbocycles. The number of aryl methyl sites for hydroxylation is 1. The molecule has 2 aromatic carbocycles. The second-order valence-electron chi connectivity index (χ2n) is 17.7. The van der Waals surface area contributed by atoms with E-state index in [4.69, 9.17) is 9.98 Å². The minimum absolute atomic E-state index is 0.329. The van der Waals surface area contributed by atoms with Crippen molar-refractivity contribution in [1.82, 2.24) is 30.5 Å². The second kappa shape index (κ2) is 20.4. The third-order valence-electron chi connectivity index (χ3n) is 12.2. The van der Waals surface area contributed by atoms with Crippen LogP contribution in [-0.2, 0) is 13.0 Å². The van der Waals surface area contributed by atoms with E-state index in [9.17, 15) is 0 Å². The van der Waals surface area contributed by atoms with Crippen LogP contribution < -0.4 is 25.8 Å². The summed E-state index contributed by atoms with van der Waals surface area (Å²) in [4.78, 5) is 26.6. The topological polar surface area (TPSA) is 96.8 Å². The lowest BCUT2D eigenvalue weighted by atomic mass is 10.0. The molecule has 0 radical (unpaired) electrons. The van der Waals surface area contributed by atoms with Gasteiger partial charge in [0.1, 0.15) is 23.8 Å². The molecule has 2 aromatic heterocycles. The lowest BCUT2D eigenvalue weighted by Crippen LogP contribution is -2.52. The van der Waals surface area contributed by atoms with Crippen LogP contribution in [-0.4, -0.2) is 64.3 Å². The molecule has 3 fully saturated rings. The first-order valence-electron chi connectivity index (χ1n) is 22.9. The van der Waals surface area contributed by atoms with Gasteiger partial charge in [0.15, 0.2) is 0 Å². The van der Waals surface area contributed by atoms with Gasteiger partial charge in [-0.15, -0.1) is 0 Å². The van der Waals surface area contributed by atoms with Crippen molar-refractivity contribution in [3.8, 4) is 11.3 Å². The maximum absolute atomic E-state index is 5.24. The highest BCUT2D eigenvalue weighted by atomic mass is 15.3. The number of anilines is 4. The number of hydrogen-bond acceptors (Lipinski definition) is 10. The molecule has 4 aromatic rings. The number of pyridine rings is 1. The molecule has 4 heterocycles. The van der Waals surface area contributed by atoms with E-state index in [1.807, 2.05) is 18.3 Å². The zero-order valence-electron chi connectivity index (χ0n) is 38.4. The third kappa shape index (κ3) is 11.2. The Balaban J connectivity index is 0.913. The van der Waals surface area contributed by atoms with Gasteiger partial charge in [-0.1, -0.05) is 71.5 Å². The summed E-state index contributed by atoms with van der Waals surface area (Å²) in [5.41, 5.74) is 14.3. The average Bonchev–Trinajstić information content (AvgIpc) is 4.12. The predicted molar refractivity (Wildman–Crippen MR) is 260 cm³/mol. The van der Waals surface area contributed by atoms with Gasteiger partial charge in [-0.05, 0) is 117 Å². The highest BCUT2D eigenvalue weighted by molar-refractivity contribution is 6.02. The molecule has 3 aliphatic rings. The van der Waals surface area contributed by atoms with Crippen molar-refractivity contribution in [2.75, 3.05) is 47.8 Å². The van der Waals surface area contributed by atoms with E-state index < -0.39 is 0 Å². The summed E-state index contributed by atoms with van der Waals surface area (Å²) in [5, 5.41) is 10.7. The van der Waals surface area contributed by atoms with Crippen molar-refractivity contribution in [3.63, 3.8) is 0 Å². The van der Waals surface area contributed by atoms with Crippen LogP contribution >= 0.6 is 0 Å². The number of nitrogens with zero attached hydrogens (tertiary/aromatic N) is 7. The number of aliphatic imine (C=N–C) groups is 1. The van der Waals surface area contributed by atoms with Crippen molar-refractivity contribution in [3.05, 3.63) is 137 Å². The van der Waals surface area contributed by atoms with Crippen LogP contribution in [0.2, 0.25) is 0 Å². The molecule has 10 heteroatoms. The van der Waals surface area contributed by atoms with E-state index in [1.54, 1.807) is 6.33 Å². The summed E-state index contributed by atoms with van der Waals surface area (Å²) < 4.78 is 0. The molecule has 1 unspecified atom stereocenters. The Morgan fingerprint density at radius 1 is 0.919 bits per heavy atom. The SMILES string of the molecule is C=C1CCN(c2ccc(CCN3CCN(c4ccc(Nc5cc(-c6ccc(CNC(=C7CC7)/C(=N/C(=C\CC)C(C)C)C(C)C)c(C)c6)ncn5)nc4)C(C)C3)cc2)/C(=C/C)N1. The molecule has 10 nitrogen and oxygen atoms in total. The highest BCUT2D eigenvalue weighted by Crippen LogP contribution is 2.34. The summed E-state index contributed by atoms with van der Waals surface area (Å²) >= 11 is 0. The molecule has 0 amide bonds. The maximum atomic E-state index is 5.24. The molecule has 326 valence electrons. The van der Waals surface area contributed by atoms with Gasteiger partial charge in [0.25, 0.3) is 0 Å². The van der Waals surface area contributed by atoms with Crippen molar-refractivity contribution in [2.24, 2.45) is 16.8 Å². The zero-order valence-corrected chi connectivity index (χ0v) is 38.4. The van der Waals surface area contributed by atoms with Crippen molar-refractivity contribution in [1.29, 1.82) is 0 Å². The monoisotopic (exact) mass is 833 g/mol. The van der Waals surface area contributed by atoms with Crippen LogP contribution in [0.5, 0.6) is 0 Å². The summed E-state index contributed by atoms with van der Waals surface area (Å²) in [6.45, 7) is 27.6. The number of piperazine rings is 1. The predicted octanol–water partition coefficient (Wildman–Crippen LogP) is 10.7. The van der Waals surface area contributed by atoms with Crippen molar-refractivity contribution >= 4 is 28.7 Å². The Morgan fingerprint density at radius 2 is 1.71 bits per heavy atom. The molecule has 1 aliphatic carbocycles. The second-order valence-corrected chi connectivity index (χ2v) is 17.7. The van der Waals surface area contributed by atoms with E-state index in [2.05, 4.69) is 163 Å². The van der Waals surface area contributed by atoms with E-state index >= 15 is 0 Å². The number of rotatable bonds is 16. The van der Waals surface area contributed by atoms with Crippen LogP contribution in [0.1, 0.15) is 90.8 Å². The van der Waals surface area contributed by atoms with Crippen LogP contribution in [0.3, 0.4) is 0 Å². The summed E-state index contributed by atoms with van der Waals surface area (Å²) in [7, 11) is 0. The number of nitrogens with one attached hydrogen (secondary N) is 3. The fraction of sp³-hybridized carbons (Fsp3) is 0.423. The van der Waals surface area contributed by atoms with Gasteiger partial charge in [0.2, 0.25) is 0 Å². The highest BCUT2D eigenvalue weighted by Gasteiger charge is 2.26. The number of allylic oxidation sites excluding steroid dienone is 5. The standard InChI is InChI=1S/C52H68N10/c1-10-12-46(35(3)4)58-51(36(5)6)52(41-15-16-41)54-31-43-18-17-42(29-37(43)7)47-30-49(56-34-55-47)59-48-22-21-45(32-53-48)61-28-27-60(33-39(61)9)25-24-40-13-19-44(20-14-40)62-26-23-38(8)57-50(62)11-2/h11-14,17-22,29-30,32,34-36,39,54,57H,8,10,15-16,23-28,31,33H2,1-7,9H3,(H,53,55,56,59)/b46-12-,50-11+,58-51+. The van der Waals surface area contributed by atoms with Gasteiger partial charge in [-0.3, -0.25) is 9.89 Å². The molecule has 3 N–H and O–H groups in total. The Labute approximate surface area is 371 Å². The van der Waals surface area contributed by atoms with Crippen molar-refractivity contribution in [2.45, 2.75) is 100 Å².